The Morgan fingerprint density at radius 2 is 1.94 bits per heavy atom. The Kier molecular flexibility index (Phi) is 3.78. The first-order valence-corrected chi connectivity index (χ1v) is 8.52. The molecule has 18 heavy (non-hydrogen) atoms. The molecule has 2 rings (SSSR count). The number of fused-ring (bicyclic) bond motifs is 1. The van der Waals surface area contributed by atoms with Crippen molar-refractivity contribution in [3.05, 3.63) is 0 Å². The average molecular weight is 274 g/mol. The van der Waals surface area contributed by atoms with E-state index in [2.05, 4.69) is 33.0 Å². The highest BCUT2D eigenvalue weighted by atomic mass is 32.2. The van der Waals surface area contributed by atoms with Gasteiger partial charge in [-0.2, -0.15) is 4.31 Å². The first-order chi connectivity index (χ1) is 8.21. The van der Waals surface area contributed by atoms with Gasteiger partial charge in [-0.15, -0.1) is 0 Å². The van der Waals surface area contributed by atoms with Crippen LogP contribution in [0.1, 0.15) is 34.1 Å². The fraction of sp³-hybridized carbons (Fsp3) is 1.00. The van der Waals surface area contributed by atoms with Crippen LogP contribution in [0.4, 0.5) is 0 Å². The molecule has 0 saturated carbocycles. The highest BCUT2D eigenvalue weighted by molar-refractivity contribution is 7.89. The van der Waals surface area contributed by atoms with Crippen molar-refractivity contribution in [3.8, 4) is 0 Å². The third-order valence-electron chi connectivity index (χ3n) is 4.35. The van der Waals surface area contributed by atoms with E-state index >= 15 is 0 Å². The van der Waals surface area contributed by atoms with Crippen LogP contribution in [0.2, 0.25) is 0 Å². The second kappa shape index (κ2) is 4.76. The van der Waals surface area contributed by atoms with Gasteiger partial charge in [-0.05, 0) is 43.7 Å². The second-order valence-electron chi connectivity index (χ2n) is 7.02. The van der Waals surface area contributed by atoms with Crippen LogP contribution in [0.15, 0.2) is 0 Å². The van der Waals surface area contributed by atoms with Gasteiger partial charge < -0.3 is 5.32 Å². The van der Waals surface area contributed by atoms with Gasteiger partial charge in [0.15, 0.2) is 0 Å². The molecule has 0 aromatic rings. The highest BCUT2D eigenvalue weighted by Gasteiger charge is 2.46. The molecule has 0 spiro atoms. The lowest BCUT2D eigenvalue weighted by molar-refractivity contribution is 0.350. The maximum Gasteiger partial charge on any atom is 0.214 e. The lowest BCUT2D eigenvalue weighted by Gasteiger charge is -2.26. The molecule has 0 aromatic carbocycles. The molecule has 2 aliphatic heterocycles. The minimum absolute atomic E-state index is 0.0768. The minimum Gasteiger partial charge on any atom is -0.316 e. The average Bonchev–Trinajstić information content (AvgIpc) is 2.78. The summed E-state index contributed by atoms with van der Waals surface area (Å²) in [6.07, 6.45) is 0.728. The fourth-order valence-electron chi connectivity index (χ4n) is 3.05. The zero-order valence-electron chi connectivity index (χ0n) is 11.9. The van der Waals surface area contributed by atoms with Crippen LogP contribution in [0, 0.1) is 17.3 Å². The van der Waals surface area contributed by atoms with Crippen LogP contribution >= 0.6 is 0 Å². The largest absolute Gasteiger partial charge is 0.316 e. The Hall–Kier alpha value is -0.130. The molecule has 0 radical (unpaired) electrons. The summed E-state index contributed by atoms with van der Waals surface area (Å²) in [5.74, 6) is 1.31. The smallest absolute Gasteiger partial charge is 0.214 e. The SMILES string of the molecule is CC1C2CNCC2CN1S(=O)(=O)CCC(C)(C)C. The van der Waals surface area contributed by atoms with Gasteiger partial charge in [0.25, 0.3) is 0 Å². The summed E-state index contributed by atoms with van der Waals surface area (Å²) in [6, 6.07) is 0.162. The number of sulfonamides is 1. The van der Waals surface area contributed by atoms with Gasteiger partial charge in [0, 0.05) is 12.6 Å². The van der Waals surface area contributed by atoms with Crippen LogP contribution in [0.25, 0.3) is 0 Å². The molecule has 2 fully saturated rings. The van der Waals surface area contributed by atoms with Crippen LogP contribution in [-0.2, 0) is 10.0 Å². The van der Waals surface area contributed by atoms with Gasteiger partial charge in [-0.25, -0.2) is 8.42 Å². The van der Waals surface area contributed by atoms with E-state index in [4.69, 9.17) is 0 Å². The number of hydrogen-bond acceptors (Lipinski definition) is 3. The first-order valence-electron chi connectivity index (χ1n) is 6.91. The van der Waals surface area contributed by atoms with Gasteiger partial charge >= 0.3 is 0 Å². The fourth-order valence-corrected chi connectivity index (χ4v) is 5.23. The second-order valence-corrected chi connectivity index (χ2v) is 9.06. The summed E-state index contributed by atoms with van der Waals surface area (Å²) >= 11 is 0. The van der Waals surface area contributed by atoms with E-state index in [0.717, 1.165) is 19.5 Å². The summed E-state index contributed by atoms with van der Waals surface area (Å²) in [6.45, 7) is 11.0. The lowest BCUT2D eigenvalue weighted by atomic mass is 9.94. The third-order valence-corrected chi connectivity index (χ3v) is 6.26. The van der Waals surface area contributed by atoms with Crippen molar-refractivity contribution < 1.29 is 8.42 Å². The van der Waals surface area contributed by atoms with E-state index in [1.807, 2.05) is 0 Å². The van der Waals surface area contributed by atoms with Crippen molar-refractivity contribution in [2.24, 2.45) is 17.3 Å². The van der Waals surface area contributed by atoms with Crippen LogP contribution in [0.5, 0.6) is 0 Å². The molecule has 0 amide bonds. The van der Waals surface area contributed by atoms with Gasteiger partial charge in [0.1, 0.15) is 0 Å². The molecule has 3 unspecified atom stereocenters. The van der Waals surface area contributed by atoms with E-state index in [9.17, 15) is 8.42 Å². The number of rotatable bonds is 3. The topological polar surface area (TPSA) is 49.4 Å². The molecule has 3 atom stereocenters. The zero-order chi connectivity index (χ0) is 13.6. The van der Waals surface area contributed by atoms with Gasteiger partial charge in [0.2, 0.25) is 10.0 Å². The van der Waals surface area contributed by atoms with E-state index < -0.39 is 10.0 Å². The Labute approximate surface area is 111 Å². The molecule has 4 nitrogen and oxygen atoms in total. The molecular formula is C13H26N2O2S. The molecule has 2 saturated heterocycles. The Morgan fingerprint density at radius 3 is 2.50 bits per heavy atom. The van der Waals surface area contributed by atoms with Crippen molar-refractivity contribution in [1.82, 2.24) is 9.62 Å². The van der Waals surface area contributed by atoms with Gasteiger partial charge in [0.05, 0.1) is 5.75 Å². The summed E-state index contributed by atoms with van der Waals surface area (Å²) in [4.78, 5) is 0. The number of nitrogens with zero attached hydrogens (tertiary/aromatic N) is 1. The standard InChI is InChI=1S/C13H26N2O2S/c1-10-12-8-14-7-11(12)9-15(10)18(16,17)6-5-13(2,3)4/h10-12,14H,5-9H2,1-4H3. The Morgan fingerprint density at radius 1 is 1.28 bits per heavy atom. The van der Waals surface area contributed by atoms with Crippen LogP contribution in [-0.4, -0.2) is 44.2 Å². The monoisotopic (exact) mass is 274 g/mol. The van der Waals surface area contributed by atoms with E-state index in [1.165, 1.54) is 0 Å². The quantitative estimate of drug-likeness (QED) is 0.844. The maximum atomic E-state index is 12.4. The number of nitrogens with one attached hydrogen (secondary N) is 1. The molecule has 106 valence electrons. The summed E-state index contributed by atoms with van der Waals surface area (Å²) in [5.41, 5.74) is 0.0768. The lowest BCUT2D eigenvalue weighted by Crippen LogP contribution is -2.39. The summed E-state index contributed by atoms with van der Waals surface area (Å²) in [5, 5.41) is 3.36. The predicted octanol–water partition coefficient (Wildman–Crippen LogP) is 1.29. The molecule has 0 bridgehead atoms. The number of hydrogen-bond donors (Lipinski definition) is 1. The molecule has 2 heterocycles. The Bertz CT molecular complexity index is 400. The van der Waals surface area contributed by atoms with Gasteiger partial charge in [-0.1, -0.05) is 20.8 Å². The summed E-state index contributed by atoms with van der Waals surface area (Å²) in [7, 11) is -3.08. The zero-order valence-corrected chi connectivity index (χ0v) is 12.8. The third kappa shape index (κ3) is 2.89. The minimum atomic E-state index is -3.08. The molecule has 1 N–H and O–H groups in total. The highest BCUT2D eigenvalue weighted by Crippen LogP contribution is 2.35. The van der Waals surface area contributed by atoms with Crippen molar-refractivity contribution in [2.45, 2.75) is 40.2 Å². The van der Waals surface area contributed by atoms with Crippen LogP contribution in [0.3, 0.4) is 0 Å². The first kappa shape index (κ1) is 14.3. The van der Waals surface area contributed by atoms with Gasteiger partial charge in [-0.3, -0.25) is 0 Å². The molecule has 0 aliphatic carbocycles. The normalized spacial score (nSPS) is 33.9. The molecule has 5 heteroatoms. The molecule has 0 aromatic heterocycles. The van der Waals surface area contributed by atoms with Crippen molar-refractivity contribution in [2.75, 3.05) is 25.4 Å². The summed E-state index contributed by atoms with van der Waals surface area (Å²) < 4.78 is 26.6. The molecular weight excluding hydrogens is 248 g/mol. The Balaban J connectivity index is 2.03. The predicted molar refractivity (Wildman–Crippen MR) is 73.9 cm³/mol. The van der Waals surface area contributed by atoms with Crippen molar-refractivity contribution in [1.29, 1.82) is 0 Å². The molecule has 2 aliphatic rings. The van der Waals surface area contributed by atoms with E-state index in [1.54, 1.807) is 4.31 Å². The van der Waals surface area contributed by atoms with E-state index in [0.29, 0.717) is 18.4 Å². The van der Waals surface area contributed by atoms with E-state index in [-0.39, 0.29) is 17.2 Å². The maximum absolute atomic E-state index is 12.4. The van der Waals surface area contributed by atoms with Crippen LogP contribution < -0.4 is 5.32 Å². The van der Waals surface area contributed by atoms with Crippen molar-refractivity contribution >= 4 is 10.0 Å². The van der Waals surface area contributed by atoms with Crippen molar-refractivity contribution in [3.63, 3.8) is 0 Å².